The average molecular weight is 302 g/mol. The van der Waals surface area contributed by atoms with Gasteiger partial charge in [-0.2, -0.15) is 0 Å². The molecule has 6 heteroatoms. The topological polar surface area (TPSA) is 92.3 Å². The Balaban J connectivity index is 1.93. The number of nitrogens with one attached hydrogen (secondary N) is 2. The Bertz CT molecular complexity index is 624. The van der Waals surface area contributed by atoms with Crippen LogP contribution < -0.4 is 10.6 Å². The third-order valence-electron chi connectivity index (χ3n) is 3.48. The molecule has 0 radical (unpaired) electrons. The summed E-state index contributed by atoms with van der Waals surface area (Å²) >= 11 is 0. The van der Waals surface area contributed by atoms with Gasteiger partial charge >= 0.3 is 0 Å². The van der Waals surface area contributed by atoms with E-state index >= 15 is 0 Å². The molecule has 1 aliphatic heterocycles. The molecule has 0 aliphatic carbocycles. The number of amides is 3. The smallest absolute Gasteiger partial charge is 0.230 e. The summed E-state index contributed by atoms with van der Waals surface area (Å²) < 4.78 is 0. The lowest BCUT2D eigenvalue weighted by molar-refractivity contribution is -0.138. The number of carbonyl (C=O) groups excluding carboxylic acids is 4. The summed E-state index contributed by atoms with van der Waals surface area (Å²) in [5.41, 5.74) is 1.42. The van der Waals surface area contributed by atoms with Gasteiger partial charge in [-0.1, -0.05) is 12.1 Å². The quantitative estimate of drug-likeness (QED) is 0.799. The fourth-order valence-corrected chi connectivity index (χ4v) is 2.47. The fourth-order valence-electron chi connectivity index (χ4n) is 2.47. The van der Waals surface area contributed by atoms with Crippen LogP contribution >= 0.6 is 0 Å². The van der Waals surface area contributed by atoms with Gasteiger partial charge in [-0.05, 0) is 24.1 Å². The van der Waals surface area contributed by atoms with Crippen LogP contribution in [-0.4, -0.2) is 23.5 Å². The van der Waals surface area contributed by atoms with Crippen molar-refractivity contribution in [1.29, 1.82) is 0 Å². The van der Waals surface area contributed by atoms with Crippen LogP contribution in [0.5, 0.6) is 0 Å². The lowest BCUT2D eigenvalue weighted by atomic mass is 9.91. The van der Waals surface area contributed by atoms with Gasteiger partial charge in [0.15, 0.2) is 0 Å². The van der Waals surface area contributed by atoms with Crippen LogP contribution in [0.15, 0.2) is 24.3 Å². The summed E-state index contributed by atoms with van der Waals surface area (Å²) in [5.74, 6) is -1.31. The van der Waals surface area contributed by atoms with Crippen LogP contribution in [0, 0.1) is 5.92 Å². The zero-order valence-corrected chi connectivity index (χ0v) is 12.3. The van der Waals surface area contributed by atoms with Gasteiger partial charge in [-0.25, -0.2) is 0 Å². The van der Waals surface area contributed by atoms with E-state index < -0.39 is 5.92 Å². The van der Waals surface area contributed by atoms with Gasteiger partial charge in [0.25, 0.3) is 0 Å². The molecule has 1 aromatic carbocycles. The predicted molar refractivity (Wildman–Crippen MR) is 79.9 cm³/mol. The van der Waals surface area contributed by atoms with Crippen molar-refractivity contribution in [3.8, 4) is 0 Å². The minimum absolute atomic E-state index is 0.0607. The highest BCUT2D eigenvalue weighted by Crippen LogP contribution is 2.18. The Hall–Kier alpha value is -2.50. The second kappa shape index (κ2) is 6.98. The molecule has 3 amide bonds. The summed E-state index contributed by atoms with van der Waals surface area (Å²) in [6, 6.07) is 7.05. The maximum atomic E-state index is 12.1. The summed E-state index contributed by atoms with van der Waals surface area (Å²) in [4.78, 5) is 45.8. The summed E-state index contributed by atoms with van der Waals surface area (Å²) in [7, 11) is 0. The van der Waals surface area contributed by atoms with E-state index in [0.29, 0.717) is 12.1 Å². The van der Waals surface area contributed by atoms with E-state index in [0.717, 1.165) is 5.56 Å². The van der Waals surface area contributed by atoms with Crippen LogP contribution in [0.3, 0.4) is 0 Å². The van der Waals surface area contributed by atoms with Gasteiger partial charge in [0.1, 0.15) is 5.78 Å². The fraction of sp³-hybridized carbons (Fsp3) is 0.375. The number of imide groups is 1. The maximum absolute atomic E-state index is 12.1. The standard InChI is InChI=1S/C16H18N2O4/c1-10(19)17-13-4-2-3-11(7-13)8-14(20)9-12-5-6-15(21)18-16(12)22/h2-4,7,12H,5-6,8-9H2,1H3,(H,17,19)(H,18,21,22)/t12-/m0/s1. The van der Waals surface area contributed by atoms with E-state index in [-0.39, 0.29) is 42.8 Å². The number of Topliss-reactive ketones (excluding diaryl/α,β-unsaturated/α-hetero) is 1. The van der Waals surface area contributed by atoms with Gasteiger partial charge in [0.2, 0.25) is 17.7 Å². The van der Waals surface area contributed by atoms with Crippen molar-refractivity contribution in [2.45, 2.75) is 32.6 Å². The number of anilines is 1. The summed E-state index contributed by atoms with van der Waals surface area (Å²) in [6.45, 7) is 1.42. The van der Waals surface area contributed by atoms with E-state index in [4.69, 9.17) is 0 Å². The van der Waals surface area contributed by atoms with Crippen molar-refractivity contribution in [2.24, 2.45) is 5.92 Å². The monoisotopic (exact) mass is 302 g/mol. The second-order valence-corrected chi connectivity index (χ2v) is 5.45. The van der Waals surface area contributed by atoms with Crippen molar-refractivity contribution in [3.05, 3.63) is 29.8 Å². The zero-order valence-electron chi connectivity index (χ0n) is 12.3. The number of hydrogen-bond donors (Lipinski definition) is 2. The van der Waals surface area contributed by atoms with Gasteiger partial charge in [0, 0.05) is 37.8 Å². The molecule has 1 heterocycles. The first-order valence-electron chi connectivity index (χ1n) is 7.16. The first kappa shape index (κ1) is 15.9. The van der Waals surface area contributed by atoms with Gasteiger partial charge in [0.05, 0.1) is 0 Å². The molecule has 1 saturated heterocycles. The van der Waals surface area contributed by atoms with Crippen LogP contribution in [0.4, 0.5) is 5.69 Å². The average Bonchev–Trinajstić information content (AvgIpc) is 2.41. The minimum Gasteiger partial charge on any atom is -0.326 e. The molecule has 1 aromatic rings. The van der Waals surface area contributed by atoms with Crippen LogP contribution in [0.1, 0.15) is 31.7 Å². The van der Waals surface area contributed by atoms with Crippen LogP contribution in [-0.2, 0) is 25.6 Å². The highest BCUT2D eigenvalue weighted by Gasteiger charge is 2.28. The van der Waals surface area contributed by atoms with Crippen molar-refractivity contribution in [1.82, 2.24) is 5.32 Å². The molecule has 1 atom stereocenters. The van der Waals surface area contributed by atoms with Gasteiger partial charge in [-0.15, -0.1) is 0 Å². The number of hydrogen-bond acceptors (Lipinski definition) is 4. The Morgan fingerprint density at radius 3 is 2.77 bits per heavy atom. The molecular weight excluding hydrogens is 284 g/mol. The van der Waals surface area contributed by atoms with E-state index in [9.17, 15) is 19.2 Å². The first-order valence-corrected chi connectivity index (χ1v) is 7.16. The van der Waals surface area contributed by atoms with E-state index in [1.807, 2.05) is 0 Å². The lowest BCUT2D eigenvalue weighted by Gasteiger charge is -2.20. The molecule has 1 aliphatic rings. The van der Waals surface area contributed by atoms with E-state index in [2.05, 4.69) is 10.6 Å². The molecule has 0 unspecified atom stereocenters. The number of ketones is 1. The molecule has 2 N–H and O–H groups in total. The molecule has 116 valence electrons. The van der Waals surface area contributed by atoms with Crippen molar-refractivity contribution in [2.75, 3.05) is 5.32 Å². The largest absolute Gasteiger partial charge is 0.326 e. The lowest BCUT2D eigenvalue weighted by Crippen LogP contribution is -2.41. The van der Waals surface area contributed by atoms with Gasteiger partial charge < -0.3 is 5.32 Å². The SMILES string of the molecule is CC(=O)Nc1cccc(CC(=O)C[C@@H]2CCC(=O)NC2=O)c1. The Morgan fingerprint density at radius 1 is 1.32 bits per heavy atom. The molecule has 0 spiro atoms. The molecule has 0 saturated carbocycles. The van der Waals surface area contributed by atoms with Crippen molar-refractivity contribution >= 4 is 29.2 Å². The zero-order chi connectivity index (χ0) is 16.1. The number of carbonyl (C=O) groups is 4. The molecule has 1 fully saturated rings. The normalized spacial score (nSPS) is 17.8. The molecule has 0 bridgehead atoms. The first-order chi connectivity index (χ1) is 10.4. The maximum Gasteiger partial charge on any atom is 0.230 e. The minimum atomic E-state index is -0.427. The third-order valence-corrected chi connectivity index (χ3v) is 3.48. The van der Waals surface area contributed by atoms with Gasteiger partial charge in [-0.3, -0.25) is 24.5 Å². The van der Waals surface area contributed by atoms with Crippen molar-refractivity contribution < 1.29 is 19.2 Å². The molecule has 22 heavy (non-hydrogen) atoms. The molecule has 2 rings (SSSR count). The summed E-state index contributed by atoms with van der Waals surface area (Å²) in [6.07, 6.45) is 1.03. The van der Waals surface area contributed by atoms with Crippen LogP contribution in [0.25, 0.3) is 0 Å². The molecule has 6 nitrogen and oxygen atoms in total. The van der Waals surface area contributed by atoms with Crippen molar-refractivity contribution in [3.63, 3.8) is 0 Å². The molecular formula is C16H18N2O4. The van der Waals surface area contributed by atoms with Crippen LogP contribution in [0.2, 0.25) is 0 Å². The highest BCUT2D eigenvalue weighted by molar-refractivity contribution is 6.00. The third kappa shape index (κ3) is 4.51. The Kier molecular flexibility index (Phi) is 5.04. The Labute approximate surface area is 128 Å². The van der Waals surface area contributed by atoms with E-state index in [1.54, 1.807) is 24.3 Å². The second-order valence-electron chi connectivity index (χ2n) is 5.45. The molecule has 0 aromatic heterocycles. The number of rotatable bonds is 5. The Morgan fingerprint density at radius 2 is 2.09 bits per heavy atom. The predicted octanol–water partition coefficient (Wildman–Crippen LogP) is 1.20. The highest BCUT2D eigenvalue weighted by atomic mass is 16.2. The number of piperidine rings is 1. The summed E-state index contributed by atoms with van der Waals surface area (Å²) in [5, 5.41) is 4.91. The number of benzene rings is 1. The van der Waals surface area contributed by atoms with E-state index in [1.165, 1.54) is 6.92 Å².